The fourth-order valence-corrected chi connectivity index (χ4v) is 3.22. The van der Waals surface area contributed by atoms with Crippen LogP contribution in [0.4, 0.5) is 10.5 Å². The van der Waals surface area contributed by atoms with Crippen molar-refractivity contribution in [1.82, 2.24) is 10.2 Å². The minimum absolute atomic E-state index is 0.163. The Morgan fingerprint density at radius 3 is 2.50 bits per heavy atom. The topological polar surface area (TPSA) is 86.5 Å². The van der Waals surface area contributed by atoms with Gasteiger partial charge in [-0.15, -0.1) is 0 Å². The molecule has 2 aliphatic rings. The molecule has 1 aromatic rings. The quantitative estimate of drug-likeness (QED) is 0.464. The van der Waals surface area contributed by atoms with Crippen molar-refractivity contribution in [2.75, 3.05) is 32.8 Å². The highest BCUT2D eigenvalue weighted by molar-refractivity contribution is 6.10. The largest absolute Gasteiger partial charge is 0.450 e. The van der Waals surface area contributed by atoms with Crippen molar-refractivity contribution in [1.29, 1.82) is 0 Å². The molecule has 0 bridgehead atoms. The smallest absolute Gasteiger partial charge is 0.407 e. The molecule has 1 fully saturated rings. The Hall–Kier alpha value is -3.19. The molecule has 2 heterocycles. The first-order valence-electron chi connectivity index (χ1n) is 11.8. The van der Waals surface area contributed by atoms with Gasteiger partial charge < -0.3 is 20.1 Å². The molecule has 1 saturated heterocycles. The lowest BCUT2D eigenvalue weighted by Crippen LogP contribution is -2.30. The summed E-state index contributed by atoms with van der Waals surface area (Å²) in [5.41, 5.74) is 4.23. The van der Waals surface area contributed by atoms with Gasteiger partial charge >= 0.3 is 6.09 Å². The molecule has 2 N–H and O–H groups in total. The van der Waals surface area contributed by atoms with Gasteiger partial charge in [-0.2, -0.15) is 0 Å². The Morgan fingerprint density at radius 1 is 1.26 bits per heavy atom. The molecule has 1 aromatic carbocycles. The molecule has 0 spiro atoms. The summed E-state index contributed by atoms with van der Waals surface area (Å²) in [5.74, 6) is 1.80. The van der Waals surface area contributed by atoms with Crippen LogP contribution in [0.3, 0.4) is 0 Å². The molecule has 0 aliphatic carbocycles. The van der Waals surface area contributed by atoms with Crippen molar-refractivity contribution in [3.63, 3.8) is 0 Å². The summed E-state index contributed by atoms with van der Waals surface area (Å²) in [5, 5.41) is 10.5. The van der Waals surface area contributed by atoms with Crippen LogP contribution in [-0.2, 0) is 11.2 Å². The SMILES string of the molecule is C/C=C\CO.C=CC(=C)C1=Nc2cc(C)ccc2CC(N2CCCC2)=N1.CCNC(=O)OCC. The summed E-state index contributed by atoms with van der Waals surface area (Å²) in [4.78, 5) is 22.2. The highest BCUT2D eigenvalue weighted by Gasteiger charge is 2.21. The third-order valence-corrected chi connectivity index (χ3v) is 4.99. The molecule has 2 aliphatic heterocycles. The number of hydrogen-bond acceptors (Lipinski definition) is 6. The number of allylic oxidation sites excluding steroid dienone is 1. The zero-order valence-electron chi connectivity index (χ0n) is 21.1. The van der Waals surface area contributed by atoms with Gasteiger partial charge in [0.15, 0.2) is 5.84 Å². The van der Waals surface area contributed by atoms with E-state index in [0.29, 0.717) is 19.0 Å². The normalized spacial score (nSPS) is 14.3. The average molecular weight is 469 g/mol. The summed E-state index contributed by atoms with van der Waals surface area (Å²) in [6, 6.07) is 6.43. The van der Waals surface area contributed by atoms with Crippen molar-refractivity contribution >= 4 is 23.5 Å². The zero-order valence-corrected chi connectivity index (χ0v) is 21.1. The zero-order chi connectivity index (χ0) is 25.3. The number of nitrogens with one attached hydrogen (secondary N) is 1. The van der Waals surface area contributed by atoms with E-state index in [2.05, 4.69) is 53.2 Å². The number of carbonyl (C=O) groups excluding carboxylic acids is 1. The summed E-state index contributed by atoms with van der Waals surface area (Å²) in [6.07, 6.45) is 8.20. The number of alkyl carbamates (subject to hydrolysis) is 1. The Labute approximate surface area is 204 Å². The Bertz CT molecular complexity index is 889. The van der Waals surface area contributed by atoms with Gasteiger partial charge in [0, 0.05) is 31.6 Å². The third-order valence-electron chi connectivity index (χ3n) is 4.99. The number of benzene rings is 1. The van der Waals surface area contributed by atoms with Gasteiger partial charge in [0.2, 0.25) is 0 Å². The van der Waals surface area contributed by atoms with Crippen molar-refractivity contribution < 1.29 is 14.6 Å². The predicted molar refractivity (Wildman–Crippen MR) is 142 cm³/mol. The summed E-state index contributed by atoms with van der Waals surface area (Å²) >= 11 is 0. The molecule has 186 valence electrons. The second-order valence-electron chi connectivity index (χ2n) is 7.70. The average Bonchev–Trinajstić information content (AvgIpc) is 3.29. The molecule has 0 radical (unpaired) electrons. The Kier molecular flexibility index (Phi) is 13.9. The second-order valence-corrected chi connectivity index (χ2v) is 7.70. The number of carbonyl (C=O) groups is 1. The number of ether oxygens (including phenoxy) is 1. The lowest BCUT2D eigenvalue weighted by molar-refractivity contribution is 0.153. The van der Waals surface area contributed by atoms with Gasteiger partial charge in [-0.3, -0.25) is 0 Å². The van der Waals surface area contributed by atoms with Crippen molar-refractivity contribution in [3.05, 3.63) is 66.3 Å². The van der Waals surface area contributed by atoms with Crippen LogP contribution in [-0.4, -0.2) is 60.6 Å². The summed E-state index contributed by atoms with van der Waals surface area (Å²) in [7, 11) is 0. The lowest BCUT2D eigenvalue weighted by atomic mass is 10.1. The van der Waals surface area contributed by atoms with Gasteiger partial charge in [-0.25, -0.2) is 14.8 Å². The molecule has 1 amide bonds. The molecule has 7 nitrogen and oxygen atoms in total. The molecule has 0 unspecified atom stereocenters. The number of fused-ring (bicyclic) bond motifs is 1. The van der Waals surface area contributed by atoms with Crippen LogP contribution in [0.5, 0.6) is 0 Å². The van der Waals surface area contributed by atoms with E-state index < -0.39 is 0 Å². The van der Waals surface area contributed by atoms with Crippen LogP contribution in [0.15, 0.2) is 65.1 Å². The molecule has 7 heteroatoms. The van der Waals surface area contributed by atoms with Gasteiger partial charge in [0.05, 0.1) is 18.9 Å². The fraction of sp³-hybridized carbons (Fsp3) is 0.444. The standard InChI is InChI=1S/C18H21N3.C5H11NO2.C4H8O/c1-4-14(3)18-19-16-11-13(2)7-8-15(16)12-17(20-18)21-9-5-6-10-21;1-3-6-5(7)8-4-2;1-2-3-4-5/h4,7-8,11H,1,3,5-6,9-10,12H2,2H3;3-4H2,1-2H3,(H,6,7);2-3,5H,4H2,1H3/b;;3-2-. The Morgan fingerprint density at radius 2 is 1.97 bits per heavy atom. The molecule has 0 saturated carbocycles. The first kappa shape index (κ1) is 28.8. The van der Waals surface area contributed by atoms with Crippen molar-refractivity contribution in [2.45, 2.75) is 47.0 Å². The molecule has 3 rings (SSSR count). The number of rotatable bonds is 5. The van der Waals surface area contributed by atoms with Crippen LogP contribution >= 0.6 is 0 Å². The number of aryl methyl sites for hydroxylation is 1. The van der Waals surface area contributed by atoms with Gasteiger partial charge in [0.25, 0.3) is 0 Å². The number of aliphatic imine (C=N–C) groups is 2. The van der Waals surface area contributed by atoms with E-state index in [9.17, 15) is 4.79 Å². The van der Waals surface area contributed by atoms with Crippen LogP contribution in [0.25, 0.3) is 0 Å². The Balaban J connectivity index is 0.000000370. The molecular weight excluding hydrogens is 428 g/mol. The maximum absolute atomic E-state index is 10.3. The van der Waals surface area contributed by atoms with E-state index in [4.69, 9.17) is 15.1 Å². The van der Waals surface area contributed by atoms with Gasteiger partial charge in [-0.05, 0) is 57.7 Å². The first-order valence-corrected chi connectivity index (χ1v) is 11.8. The van der Waals surface area contributed by atoms with Gasteiger partial charge in [0.1, 0.15) is 5.84 Å². The molecular formula is C27H40N4O3. The number of amides is 1. The van der Waals surface area contributed by atoms with Crippen molar-refractivity contribution in [2.24, 2.45) is 9.98 Å². The number of likely N-dealkylation sites (tertiary alicyclic amines) is 1. The van der Waals surface area contributed by atoms with E-state index in [-0.39, 0.29) is 12.7 Å². The summed E-state index contributed by atoms with van der Waals surface area (Å²) in [6.45, 7) is 18.8. The predicted octanol–water partition coefficient (Wildman–Crippen LogP) is 5.12. The lowest BCUT2D eigenvalue weighted by Gasteiger charge is -2.19. The number of amidine groups is 2. The second kappa shape index (κ2) is 16.4. The van der Waals surface area contributed by atoms with E-state index >= 15 is 0 Å². The van der Waals surface area contributed by atoms with E-state index in [1.165, 1.54) is 24.0 Å². The minimum atomic E-state index is -0.338. The minimum Gasteiger partial charge on any atom is -0.450 e. The van der Waals surface area contributed by atoms with E-state index in [1.807, 2.05) is 13.8 Å². The summed E-state index contributed by atoms with van der Waals surface area (Å²) < 4.78 is 4.53. The number of nitrogens with zero attached hydrogens (tertiary/aromatic N) is 3. The highest BCUT2D eigenvalue weighted by atomic mass is 16.5. The fourth-order valence-electron chi connectivity index (χ4n) is 3.22. The van der Waals surface area contributed by atoms with Crippen LogP contribution in [0, 0.1) is 6.92 Å². The highest BCUT2D eigenvalue weighted by Crippen LogP contribution is 2.27. The maximum atomic E-state index is 10.3. The number of aliphatic hydroxyl groups is 1. The molecule has 0 atom stereocenters. The molecule has 34 heavy (non-hydrogen) atoms. The van der Waals surface area contributed by atoms with Crippen LogP contribution < -0.4 is 5.32 Å². The number of hydrogen-bond donors (Lipinski definition) is 2. The van der Waals surface area contributed by atoms with Crippen molar-refractivity contribution in [3.8, 4) is 0 Å². The van der Waals surface area contributed by atoms with Gasteiger partial charge in [-0.1, -0.05) is 43.5 Å². The van der Waals surface area contributed by atoms with E-state index in [1.54, 1.807) is 25.2 Å². The number of aliphatic hydroxyl groups excluding tert-OH is 1. The molecule has 0 aromatic heterocycles. The van der Waals surface area contributed by atoms with Crippen LogP contribution in [0.1, 0.15) is 44.7 Å². The third kappa shape index (κ3) is 10.2. The van der Waals surface area contributed by atoms with E-state index in [0.717, 1.165) is 36.6 Å². The van der Waals surface area contributed by atoms with Crippen LogP contribution in [0.2, 0.25) is 0 Å². The maximum Gasteiger partial charge on any atom is 0.407 e. The monoisotopic (exact) mass is 468 g/mol. The first-order chi connectivity index (χ1) is 16.4.